The van der Waals surface area contributed by atoms with E-state index in [2.05, 4.69) is 145 Å². The number of pyridine rings is 3. The Hall–Kier alpha value is -5.93. The van der Waals surface area contributed by atoms with Crippen LogP contribution >= 0.6 is 11.3 Å². The molecule has 0 N–H and O–H groups in total. The number of aromatic nitrogens is 7. The molecule has 0 saturated heterocycles. The Bertz CT molecular complexity index is 2830. The van der Waals surface area contributed by atoms with Gasteiger partial charge in [0, 0.05) is 46.8 Å². The van der Waals surface area contributed by atoms with Crippen LogP contribution in [0.2, 0.25) is 0 Å². The van der Waals surface area contributed by atoms with Crippen molar-refractivity contribution >= 4 is 48.3 Å². The number of hydrogen-bond acceptors (Lipinski definition) is 7. The highest BCUT2D eigenvalue weighted by atomic mass is 32.1. The van der Waals surface area contributed by atoms with Gasteiger partial charge in [0.15, 0.2) is 0 Å². The van der Waals surface area contributed by atoms with Crippen LogP contribution in [0.25, 0.3) is 65.3 Å². The maximum Gasteiger partial charge on any atom is 0.220 e. The van der Waals surface area contributed by atoms with Gasteiger partial charge in [-0.25, -0.2) is 9.97 Å². The van der Waals surface area contributed by atoms with E-state index in [1.54, 1.807) is 17.5 Å². The number of ether oxygens (including phenoxy) is 1. The average molecular weight is 728 g/mol. The SMILES string of the molecule is CC(C)c1cccc(C(C)C)c1-c1cc(Oc2ccc3c4ccccc4n(-c4cc5c(cn4)sc4nnc(C(C)(C)C)n45)c3c2)nc(-c2ccccn2)c1. The fourth-order valence-electron chi connectivity index (χ4n) is 7.55. The maximum atomic E-state index is 6.77. The molecule has 9 aromatic rings. The molecule has 6 heterocycles. The summed E-state index contributed by atoms with van der Waals surface area (Å²) in [5.74, 6) is 3.59. The van der Waals surface area contributed by atoms with E-state index < -0.39 is 0 Å². The zero-order valence-electron chi connectivity index (χ0n) is 31.5. The van der Waals surface area contributed by atoms with Crippen LogP contribution in [0.1, 0.15) is 77.3 Å². The average Bonchev–Trinajstić information content (AvgIpc) is 3.84. The fraction of sp³-hybridized carbons (Fsp3) is 0.222. The van der Waals surface area contributed by atoms with Crippen molar-refractivity contribution in [2.24, 2.45) is 0 Å². The van der Waals surface area contributed by atoms with E-state index in [9.17, 15) is 0 Å². The molecule has 6 aromatic heterocycles. The first kappa shape index (κ1) is 33.9. The van der Waals surface area contributed by atoms with Crippen molar-refractivity contribution in [2.45, 2.75) is 65.7 Å². The highest BCUT2D eigenvalue weighted by Crippen LogP contribution is 2.41. The third-order valence-corrected chi connectivity index (χ3v) is 11.0. The smallest absolute Gasteiger partial charge is 0.220 e. The van der Waals surface area contributed by atoms with E-state index in [0.29, 0.717) is 23.5 Å². The lowest BCUT2D eigenvalue weighted by Crippen LogP contribution is -2.15. The van der Waals surface area contributed by atoms with Crippen molar-refractivity contribution in [3.8, 4) is 40.0 Å². The summed E-state index contributed by atoms with van der Waals surface area (Å²) in [6, 6.07) is 33.6. The van der Waals surface area contributed by atoms with Gasteiger partial charge in [0.2, 0.25) is 10.8 Å². The minimum Gasteiger partial charge on any atom is -0.439 e. The first-order chi connectivity index (χ1) is 26.0. The summed E-state index contributed by atoms with van der Waals surface area (Å²) >= 11 is 1.61. The predicted octanol–water partition coefficient (Wildman–Crippen LogP) is 11.9. The quantitative estimate of drug-likeness (QED) is 0.162. The molecule has 0 aliphatic carbocycles. The Balaban J connectivity index is 1.22. The summed E-state index contributed by atoms with van der Waals surface area (Å²) < 4.78 is 12.2. The Kier molecular flexibility index (Phi) is 8.08. The molecular formula is C45H41N7OS. The van der Waals surface area contributed by atoms with Gasteiger partial charge in [-0.1, -0.05) is 102 Å². The summed E-state index contributed by atoms with van der Waals surface area (Å²) in [5, 5.41) is 11.3. The number of nitrogens with zero attached hydrogens (tertiary/aromatic N) is 7. The Labute approximate surface area is 318 Å². The zero-order chi connectivity index (χ0) is 37.3. The number of fused-ring (bicyclic) bond motifs is 6. The van der Waals surface area contributed by atoms with Crippen molar-refractivity contribution in [3.05, 3.63) is 126 Å². The molecule has 0 radical (unpaired) electrons. The van der Waals surface area contributed by atoms with Gasteiger partial charge in [0.1, 0.15) is 17.4 Å². The lowest BCUT2D eigenvalue weighted by atomic mass is 9.85. The molecule has 0 fully saturated rings. The molecular weight excluding hydrogens is 687 g/mol. The van der Waals surface area contributed by atoms with E-state index in [1.807, 2.05) is 30.5 Å². The summed E-state index contributed by atoms with van der Waals surface area (Å²) in [6.07, 6.45) is 3.75. The Morgan fingerprint density at radius 3 is 2.19 bits per heavy atom. The molecule has 0 aliphatic rings. The molecule has 0 unspecified atom stereocenters. The molecule has 0 atom stereocenters. The summed E-state index contributed by atoms with van der Waals surface area (Å²) in [5.41, 5.74) is 9.35. The van der Waals surface area contributed by atoms with Crippen LogP contribution in [0.3, 0.4) is 0 Å². The monoisotopic (exact) mass is 727 g/mol. The lowest BCUT2D eigenvalue weighted by molar-refractivity contribution is 0.464. The van der Waals surface area contributed by atoms with Crippen LogP contribution in [0.15, 0.2) is 109 Å². The van der Waals surface area contributed by atoms with Gasteiger partial charge in [-0.3, -0.25) is 14.0 Å². The summed E-state index contributed by atoms with van der Waals surface area (Å²) in [4.78, 5) is 15.6. The van der Waals surface area contributed by atoms with Gasteiger partial charge in [-0.15, -0.1) is 10.2 Å². The maximum absolute atomic E-state index is 6.77. The highest BCUT2D eigenvalue weighted by Gasteiger charge is 2.25. The molecule has 0 spiro atoms. The fourth-order valence-corrected chi connectivity index (χ4v) is 8.46. The van der Waals surface area contributed by atoms with Crippen LogP contribution in [0, 0.1) is 0 Å². The van der Waals surface area contributed by atoms with Crippen LogP contribution in [0.4, 0.5) is 0 Å². The lowest BCUT2D eigenvalue weighted by Gasteiger charge is -2.21. The standard InChI is InChI=1S/C45H41N7OS/c1-26(2)30-14-12-15-31(27(3)4)42(30)28-21-35(34-16-10-11-20-46-34)48-41(22-28)53-29-18-19-33-32-13-8-9-17-36(32)51(37(33)23-29)40-24-38-39(25-47-40)54-44-50-49-43(52(38)44)45(5,6)7/h8-27H,1-7H3. The molecule has 0 bridgehead atoms. The number of para-hydroxylation sites is 1. The molecule has 3 aromatic carbocycles. The van der Waals surface area contributed by atoms with Crippen LogP contribution < -0.4 is 4.74 Å². The predicted molar refractivity (Wildman–Crippen MR) is 220 cm³/mol. The largest absolute Gasteiger partial charge is 0.439 e. The Morgan fingerprint density at radius 2 is 1.44 bits per heavy atom. The molecule has 0 amide bonds. The molecule has 8 nitrogen and oxygen atoms in total. The van der Waals surface area contributed by atoms with Gasteiger partial charge < -0.3 is 4.74 Å². The molecule has 54 heavy (non-hydrogen) atoms. The van der Waals surface area contributed by atoms with Gasteiger partial charge in [-0.2, -0.15) is 0 Å². The Morgan fingerprint density at radius 1 is 0.685 bits per heavy atom. The number of rotatable bonds is 7. The number of hydrogen-bond donors (Lipinski definition) is 0. The second-order valence-corrected chi connectivity index (χ2v) is 16.6. The first-order valence-electron chi connectivity index (χ1n) is 18.5. The van der Waals surface area contributed by atoms with E-state index in [1.165, 1.54) is 16.7 Å². The first-order valence-corrected chi connectivity index (χ1v) is 19.3. The van der Waals surface area contributed by atoms with Crippen molar-refractivity contribution < 1.29 is 4.74 Å². The minimum absolute atomic E-state index is 0.176. The molecule has 9 rings (SSSR count). The normalized spacial score (nSPS) is 12.3. The molecule has 0 saturated carbocycles. The summed E-state index contributed by atoms with van der Waals surface area (Å²) in [6.45, 7) is 15.5. The second kappa shape index (κ2) is 12.9. The third-order valence-electron chi connectivity index (χ3n) is 10.1. The van der Waals surface area contributed by atoms with Crippen LogP contribution in [0.5, 0.6) is 11.6 Å². The van der Waals surface area contributed by atoms with Crippen molar-refractivity contribution in [1.82, 2.24) is 34.1 Å². The van der Waals surface area contributed by atoms with Crippen LogP contribution in [-0.2, 0) is 5.41 Å². The van der Waals surface area contributed by atoms with Gasteiger partial charge in [-0.05, 0) is 70.5 Å². The van der Waals surface area contributed by atoms with Crippen molar-refractivity contribution in [3.63, 3.8) is 0 Å². The van der Waals surface area contributed by atoms with Gasteiger partial charge in [0.25, 0.3) is 0 Å². The van der Waals surface area contributed by atoms with Gasteiger partial charge in [0.05, 0.1) is 32.6 Å². The van der Waals surface area contributed by atoms with Crippen molar-refractivity contribution in [1.29, 1.82) is 0 Å². The molecule has 268 valence electrons. The molecule has 0 aliphatic heterocycles. The van der Waals surface area contributed by atoms with E-state index in [4.69, 9.17) is 14.7 Å². The third kappa shape index (κ3) is 5.71. The minimum atomic E-state index is -0.176. The highest BCUT2D eigenvalue weighted by molar-refractivity contribution is 7.23. The van der Waals surface area contributed by atoms with E-state index in [0.717, 1.165) is 65.6 Å². The number of benzene rings is 3. The van der Waals surface area contributed by atoms with Gasteiger partial charge >= 0.3 is 0 Å². The number of thiazole rings is 1. The molecule has 9 heteroatoms. The van der Waals surface area contributed by atoms with Crippen molar-refractivity contribution in [2.75, 3.05) is 0 Å². The second-order valence-electron chi connectivity index (χ2n) is 15.6. The van der Waals surface area contributed by atoms with E-state index in [-0.39, 0.29) is 5.41 Å². The topological polar surface area (TPSA) is 83.0 Å². The van der Waals surface area contributed by atoms with E-state index >= 15 is 0 Å². The summed E-state index contributed by atoms with van der Waals surface area (Å²) in [7, 11) is 0. The zero-order valence-corrected chi connectivity index (χ0v) is 32.3. The van der Waals surface area contributed by atoms with Crippen LogP contribution in [-0.4, -0.2) is 34.1 Å².